The highest BCUT2D eigenvalue weighted by Gasteiger charge is 2.29. The van der Waals surface area contributed by atoms with Gasteiger partial charge in [-0.05, 0) is 30.9 Å². The van der Waals surface area contributed by atoms with E-state index >= 15 is 0 Å². The molecule has 1 N–H and O–H groups in total. The SMILES string of the molecule is O=C(O)c1cccnc1C(=O)N1CCN(CC2CC2)CC1. The number of hydrogen-bond acceptors (Lipinski definition) is 4. The van der Waals surface area contributed by atoms with Gasteiger partial charge in [-0.2, -0.15) is 0 Å². The Kier molecular flexibility index (Phi) is 3.88. The highest BCUT2D eigenvalue weighted by molar-refractivity contribution is 6.03. The third kappa shape index (κ3) is 3.21. The number of pyridine rings is 1. The van der Waals surface area contributed by atoms with Crippen LogP contribution in [0.2, 0.25) is 0 Å². The van der Waals surface area contributed by atoms with Crippen molar-refractivity contribution in [2.45, 2.75) is 12.8 Å². The fourth-order valence-corrected chi connectivity index (χ4v) is 2.70. The predicted molar refractivity (Wildman–Crippen MR) is 76.3 cm³/mol. The van der Waals surface area contributed by atoms with E-state index in [4.69, 9.17) is 5.11 Å². The molecule has 1 saturated carbocycles. The van der Waals surface area contributed by atoms with E-state index in [1.807, 2.05) is 0 Å². The monoisotopic (exact) mass is 289 g/mol. The molecule has 3 rings (SSSR count). The second kappa shape index (κ2) is 5.81. The largest absolute Gasteiger partial charge is 0.478 e. The molecule has 6 heteroatoms. The van der Waals surface area contributed by atoms with Crippen molar-refractivity contribution in [1.29, 1.82) is 0 Å². The molecule has 0 atom stereocenters. The lowest BCUT2D eigenvalue weighted by Crippen LogP contribution is -2.49. The number of carbonyl (C=O) groups is 2. The first-order valence-corrected chi connectivity index (χ1v) is 7.35. The van der Waals surface area contributed by atoms with Gasteiger partial charge in [0.2, 0.25) is 0 Å². The number of amides is 1. The minimum atomic E-state index is -1.11. The molecule has 1 aromatic heterocycles. The summed E-state index contributed by atoms with van der Waals surface area (Å²) in [6.45, 7) is 4.13. The van der Waals surface area contributed by atoms with Crippen molar-refractivity contribution in [2.24, 2.45) is 5.92 Å². The Morgan fingerprint density at radius 2 is 1.95 bits per heavy atom. The first-order chi connectivity index (χ1) is 10.1. The van der Waals surface area contributed by atoms with Crippen LogP contribution in [0.3, 0.4) is 0 Å². The molecule has 112 valence electrons. The van der Waals surface area contributed by atoms with Gasteiger partial charge in [-0.15, -0.1) is 0 Å². The fourth-order valence-electron chi connectivity index (χ4n) is 2.70. The number of rotatable bonds is 4. The molecule has 2 fully saturated rings. The molecule has 1 saturated heterocycles. The van der Waals surface area contributed by atoms with Gasteiger partial charge >= 0.3 is 5.97 Å². The summed E-state index contributed by atoms with van der Waals surface area (Å²) in [5, 5.41) is 9.14. The average Bonchev–Trinajstić information content (AvgIpc) is 3.31. The number of carboxylic acid groups (broad SMARTS) is 1. The first kappa shape index (κ1) is 14.0. The average molecular weight is 289 g/mol. The number of aromatic carboxylic acids is 1. The van der Waals surface area contributed by atoms with Gasteiger partial charge in [0.05, 0.1) is 5.56 Å². The smallest absolute Gasteiger partial charge is 0.338 e. The van der Waals surface area contributed by atoms with Crippen LogP contribution in [0.15, 0.2) is 18.3 Å². The normalized spacial score (nSPS) is 19.5. The third-order valence-corrected chi connectivity index (χ3v) is 4.11. The highest BCUT2D eigenvalue weighted by Crippen LogP contribution is 2.30. The zero-order valence-electron chi connectivity index (χ0n) is 11.9. The van der Waals surface area contributed by atoms with Gasteiger partial charge in [0.25, 0.3) is 5.91 Å². The lowest BCUT2D eigenvalue weighted by molar-refractivity contribution is 0.0606. The third-order valence-electron chi connectivity index (χ3n) is 4.11. The van der Waals surface area contributed by atoms with Crippen LogP contribution >= 0.6 is 0 Å². The number of hydrogen-bond donors (Lipinski definition) is 1. The molecule has 1 aliphatic heterocycles. The minimum absolute atomic E-state index is 0.0251. The van der Waals surface area contributed by atoms with Gasteiger partial charge < -0.3 is 10.0 Å². The Labute approximate surface area is 123 Å². The lowest BCUT2D eigenvalue weighted by Gasteiger charge is -2.34. The summed E-state index contributed by atoms with van der Waals surface area (Å²) in [6.07, 6.45) is 4.12. The van der Waals surface area contributed by atoms with Gasteiger partial charge in [0.1, 0.15) is 5.69 Å². The Hall–Kier alpha value is -1.95. The van der Waals surface area contributed by atoms with Gasteiger partial charge in [0.15, 0.2) is 0 Å². The Morgan fingerprint density at radius 1 is 1.24 bits per heavy atom. The van der Waals surface area contributed by atoms with Gasteiger partial charge in [-0.3, -0.25) is 14.7 Å². The molecular formula is C15H19N3O3. The van der Waals surface area contributed by atoms with Crippen LogP contribution in [0.25, 0.3) is 0 Å². The van der Waals surface area contributed by atoms with E-state index in [1.165, 1.54) is 31.2 Å². The molecule has 21 heavy (non-hydrogen) atoms. The molecular weight excluding hydrogens is 270 g/mol. The van der Waals surface area contributed by atoms with E-state index in [-0.39, 0.29) is 17.2 Å². The fraction of sp³-hybridized carbons (Fsp3) is 0.533. The van der Waals surface area contributed by atoms with Crippen molar-refractivity contribution < 1.29 is 14.7 Å². The number of carbonyl (C=O) groups excluding carboxylic acids is 1. The zero-order valence-corrected chi connectivity index (χ0v) is 11.9. The number of carboxylic acids is 1. The van der Waals surface area contributed by atoms with Crippen LogP contribution in [0.1, 0.15) is 33.7 Å². The van der Waals surface area contributed by atoms with E-state index in [0.29, 0.717) is 13.1 Å². The summed E-state index contributed by atoms with van der Waals surface area (Å²) in [5.74, 6) is -0.542. The Balaban J connectivity index is 1.64. The van der Waals surface area contributed by atoms with Crippen molar-refractivity contribution in [3.63, 3.8) is 0 Å². The molecule has 0 radical (unpaired) electrons. The van der Waals surface area contributed by atoms with E-state index < -0.39 is 5.97 Å². The van der Waals surface area contributed by atoms with Crippen molar-refractivity contribution in [3.8, 4) is 0 Å². The predicted octanol–water partition coefficient (Wildman–Crippen LogP) is 0.948. The molecule has 1 aromatic rings. The van der Waals surface area contributed by atoms with Crippen LogP contribution in [0.4, 0.5) is 0 Å². The first-order valence-electron chi connectivity index (χ1n) is 7.35. The van der Waals surface area contributed by atoms with E-state index in [9.17, 15) is 9.59 Å². The van der Waals surface area contributed by atoms with Crippen LogP contribution in [0.5, 0.6) is 0 Å². The van der Waals surface area contributed by atoms with E-state index in [0.717, 1.165) is 25.6 Å². The van der Waals surface area contributed by atoms with Crippen LogP contribution in [-0.2, 0) is 0 Å². The summed E-state index contributed by atoms with van der Waals surface area (Å²) >= 11 is 0. The quantitative estimate of drug-likeness (QED) is 0.893. The molecule has 6 nitrogen and oxygen atoms in total. The maximum Gasteiger partial charge on any atom is 0.338 e. The molecule has 2 aliphatic rings. The number of piperazine rings is 1. The van der Waals surface area contributed by atoms with Crippen molar-refractivity contribution >= 4 is 11.9 Å². The van der Waals surface area contributed by atoms with Gasteiger partial charge in [-0.25, -0.2) is 4.79 Å². The number of nitrogens with zero attached hydrogens (tertiary/aromatic N) is 3. The molecule has 0 unspecified atom stereocenters. The zero-order chi connectivity index (χ0) is 14.8. The van der Waals surface area contributed by atoms with Crippen LogP contribution in [-0.4, -0.2) is 64.5 Å². The van der Waals surface area contributed by atoms with Gasteiger partial charge in [-0.1, -0.05) is 0 Å². The van der Waals surface area contributed by atoms with Crippen molar-refractivity contribution in [2.75, 3.05) is 32.7 Å². The van der Waals surface area contributed by atoms with E-state index in [1.54, 1.807) is 4.90 Å². The van der Waals surface area contributed by atoms with Gasteiger partial charge in [0, 0.05) is 38.9 Å². The maximum atomic E-state index is 12.4. The summed E-state index contributed by atoms with van der Waals surface area (Å²) in [5.41, 5.74) is 0.0172. The number of aromatic nitrogens is 1. The van der Waals surface area contributed by atoms with Crippen LogP contribution in [0, 0.1) is 5.92 Å². The maximum absolute atomic E-state index is 12.4. The molecule has 1 amide bonds. The summed E-state index contributed by atoms with van der Waals surface area (Å²) in [4.78, 5) is 31.7. The van der Waals surface area contributed by atoms with Crippen molar-refractivity contribution in [1.82, 2.24) is 14.8 Å². The summed E-state index contributed by atoms with van der Waals surface area (Å²) < 4.78 is 0. The molecule has 0 aromatic carbocycles. The van der Waals surface area contributed by atoms with E-state index in [2.05, 4.69) is 9.88 Å². The highest BCUT2D eigenvalue weighted by atomic mass is 16.4. The molecule has 0 bridgehead atoms. The molecule has 1 aliphatic carbocycles. The summed E-state index contributed by atoms with van der Waals surface area (Å²) in [6, 6.07) is 2.96. The lowest BCUT2D eigenvalue weighted by atomic mass is 10.1. The Bertz CT molecular complexity index is 549. The molecule has 2 heterocycles. The minimum Gasteiger partial charge on any atom is -0.478 e. The molecule has 0 spiro atoms. The van der Waals surface area contributed by atoms with Crippen molar-refractivity contribution in [3.05, 3.63) is 29.6 Å². The standard InChI is InChI=1S/C15H19N3O3/c19-14(13-12(15(20)21)2-1-5-16-13)18-8-6-17(7-9-18)10-11-3-4-11/h1-2,5,11H,3-4,6-10H2,(H,20,21). The topological polar surface area (TPSA) is 73.7 Å². The summed E-state index contributed by atoms with van der Waals surface area (Å²) in [7, 11) is 0. The Morgan fingerprint density at radius 3 is 2.57 bits per heavy atom. The second-order valence-electron chi connectivity index (χ2n) is 5.74. The van der Waals surface area contributed by atoms with Crippen LogP contribution < -0.4 is 0 Å². The second-order valence-corrected chi connectivity index (χ2v) is 5.74.